The van der Waals surface area contributed by atoms with E-state index in [1.165, 1.54) is 10.4 Å². The van der Waals surface area contributed by atoms with Crippen LogP contribution >= 0.6 is 22.9 Å². The van der Waals surface area contributed by atoms with Crippen LogP contribution in [0.4, 0.5) is 5.69 Å². The molecule has 0 atom stereocenters. The van der Waals surface area contributed by atoms with Crippen molar-refractivity contribution in [2.24, 2.45) is 5.73 Å². The maximum Gasteiger partial charge on any atom is 0.0642 e. The Kier molecular flexibility index (Phi) is 5.25. The predicted molar refractivity (Wildman–Crippen MR) is 85.5 cm³/mol. The van der Waals surface area contributed by atoms with Crippen molar-refractivity contribution in [1.82, 2.24) is 0 Å². The van der Waals surface area contributed by atoms with Crippen molar-refractivity contribution in [2.45, 2.75) is 12.8 Å². The highest BCUT2D eigenvalue weighted by atomic mass is 35.5. The Bertz CT molecular complexity index is 511. The molecule has 2 N–H and O–H groups in total. The number of hydrogen-bond acceptors (Lipinski definition) is 3. The number of hydrogen-bond donors (Lipinski definition) is 1. The summed E-state index contributed by atoms with van der Waals surface area (Å²) in [7, 11) is 2.08. The zero-order valence-corrected chi connectivity index (χ0v) is 12.7. The molecular weight excluding hydrogens is 276 g/mol. The Morgan fingerprint density at radius 3 is 2.74 bits per heavy atom. The molecule has 1 aromatic carbocycles. The summed E-state index contributed by atoms with van der Waals surface area (Å²) in [4.78, 5) is 3.61. The Labute approximate surface area is 123 Å². The number of halogens is 1. The first-order valence-corrected chi connectivity index (χ1v) is 7.68. The van der Waals surface area contributed by atoms with E-state index in [9.17, 15) is 0 Å². The van der Waals surface area contributed by atoms with Gasteiger partial charge in [0.1, 0.15) is 0 Å². The summed E-state index contributed by atoms with van der Waals surface area (Å²) in [5, 5.41) is 2.92. The van der Waals surface area contributed by atoms with Gasteiger partial charge >= 0.3 is 0 Å². The van der Waals surface area contributed by atoms with Crippen molar-refractivity contribution in [1.29, 1.82) is 0 Å². The monoisotopic (exact) mass is 294 g/mol. The SMILES string of the molecule is CN(CCc1cccs1)c1ccc(CCN)cc1Cl. The summed E-state index contributed by atoms with van der Waals surface area (Å²) in [5.41, 5.74) is 7.84. The van der Waals surface area contributed by atoms with Gasteiger partial charge in [0.15, 0.2) is 0 Å². The van der Waals surface area contributed by atoms with Crippen LogP contribution in [0.3, 0.4) is 0 Å². The highest BCUT2D eigenvalue weighted by molar-refractivity contribution is 7.09. The Hall–Kier alpha value is -1.03. The number of nitrogens with two attached hydrogens (primary N) is 1. The Morgan fingerprint density at radius 2 is 2.11 bits per heavy atom. The number of rotatable bonds is 6. The van der Waals surface area contributed by atoms with Gasteiger partial charge in [-0.05, 0) is 48.5 Å². The van der Waals surface area contributed by atoms with Crippen LogP contribution in [0.25, 0.3) is 0 Å². The molecule has 0 amide bonds. The van der Waals surface area contributed by atoms with Gasteiger partial charge < -0.3 is 10.6 Å². The minimum atomic E-state index is 0.657. The van der Waals surface area contributed by atoms with Crippen molar-refractivity contribution in [3.05, 3.63) is 51.2 Å². The predicted octanol–water partition coefficient (Wildman–Crippen LogP) is 3.58. The first-order chi connectivity index (χ1) is 9.20. The van der Waals surface area contributed by atoms with Crippen LogP contribution in [0.1, 0.15) is 10.4 Å². The zero-order chi connectivity index (χ0) is 13.7. The third kappa shape index (κ3) is 3.96. The Morgan fingerprint density at radius 1 is 1.26 bits per heavy atom. The molecule has 2 nitrogen and oxygen atoms in total. The molecule has 0 saturated heterocycles. The number of anilines is 1. The third-order valence-corrected chi connectivity index (χ3v) is 4.37. The maximum absolute atomic E-state index is 6.34. The summed E-state index contributed by atoms with van der Waals surface area (Å²) in [6.45, 7) is 1.63. The second kappa shape index (κ2) is 6.94. The van der Waals surface area contributed by atoms with E-state index in [2.05, 4.69) is 41.6 Å². The largest absolute Gasteiger partial charge is 0.373 e. The fourth-order valence-electron chi connectivity index (χ4n) is 2.04. The van der Waals surface area contributed by atoms with E-state index in [0.717, 1.165) is 30.1 Å². The van der Waals surface area contributed by atoms with Crippen molar-refractivity contribution in [2.75, 3.05) is 25.0 Å². The molecule has 2 aromatic rings. The lowest BCUT2D eigenvalue weighted by Gasteiger charge is -2.20. The van der Waals surface area contributed by atoms with Crippen LogP contribution in [-0.4, -0.2) is 20.1 Å². The fraction of sp³-hybridized carbons (Fsp3) is 0.333. The van der Waals surface area contributed by atoms with Gasteiger partial charge in [0.25, 0.3) is 0 Å². The lowest BCUT2D eigenvalue weighted by atomic mass is 10.1. The summed E-state index contributed by atoms with van der Waals surface area (Å²) in [5.74, 6) is 0. The van der Waals surface area contributed by atoms with Crippen LogP contribution < -0.4 is 10.6 Å². The standard InChI is InChI=1S/C15H19ClN2S/c1-18(9-7-13-3-2-10-19-13)15-5-4-12(6-8-17)11-14(15)16/h2-5,10-11H,6-9,17H2,1H3. The molecule has 1 aromatic heterocycles. The molecular formula is C15H19ClN2S. The molecule has 19 heavy (non-hydrogen) atoms. The van der Waals surface area contributed by atoms with Crippen molar-refractivity contribution < 1.29 is 0 Å². The normalized spacial score (nSPS) is 10.7. The molecule has 2 rings (SSSR count). The van der Waals surface area contributed by atoms with Crippen LogP contribution in [-0.2, 0) is 12.8 Å². The second-order valence-corrected chi connectivity index (χ2v) is 6.01. The van der Waals surface area contributed by atoms with E-state index in [0.29, 0.717) is 6.54 Å². The van der Waals surface area contributed by atoms with E-state index in [1.807, 2.05) is 6.07 Å². The van der Waals surface area contributed by atoms with Gasteiger partial charge in [0.05, 0.1) is 10.7 Å². The minimum Gasteiger partial charge on any atom is -0.373 e. The minimum absolute atomic E-state index is 0.657. The molecule has 0 aliphatic carbocycles. The van der Waals surface area contributed by atoms with Gasteiger partial charge in [0, 0.05) is 18.5 Å². The van der Waals surface area contributed by atoms with Gasteiger partial charge in [0.2, 0.25) is 0 Å². The summed E-state index contributed by atoms with van der Waals surface area (Å²) < 4.78 is 0. The highest BCUT2D eigenvalue weighted by Crippen LogP contribution is 2.26. The molecule has 0 spiro atoms. The van der Waals surface area contributed by atoms with E-state index in [-0.39, 0.29) is 0 Å². The van der Waals surface area contributed by atoms with Crippen LogP contribution in [0, 0.1) is 0 Å². The third-order valence-electron chi connectivity index (χ3n) is 3.13. The van der Waals surface area contributed by atoms with Gasteiger partial charge in [-0.25, -0.2) is 0 Å². The van der Waals surface area contributed by atoms with E-state index < -0.39 is 0 Å². The molecule has 1 heterocycles. The van der Waals surface area contributed by atoms with Gasteiger partial charge in [-0.1, -0.05) is 23.7 Å². The van der Waals surface area contributed by atoms with E-state index >= 15 is 0 Å². The zero-order valence-electron chi connectivity index (χ0n) is 11.1. The molecule has 0 aliphatic heterocycles. The van der Waals surface area contributed by atoms with Gasteiger partial charge in [-0.2, -0.15) is 0 Å². The average molecular weight is 295 g/mol. The summed E-state index contributed by atoms with van der Waals surface area (Å²) in [6.07, 6.45) is 1.92. The van der Waals surface area contributed by atoms with Crippen LogP contribution in [0.2, 0.25) is 5.02 Å². The topological polar surface area (TPSA) is 29.3 Å². The Balaban J connectivity index is 2.00. The van der Waals surface area contributed by atoms with E-state index in [1.54, 1.807) is 11.3 Å². The first kappa shape index (κ1) is 14.4. The molecule has 0 bridgehead atoms. The number of nitrogens with zero attached hydrogens (tertiary/aromatic N) is 1. The molecule has 0 fully saturated rings. The van der Waals surface area contributed by atoms with Crippen LogP contribution in [0.5, 0.6) is 0 Å². The molecule has 0 saturated carbocycles. The molecule has 0 aliphatic rings. The molecule has 4 heteroatoms. The quantitative estimate of drug-likeness (QED) is 0.882. The molecule has 0 radical (unpaired) electrons. The van der Waals surface area contributed by atoms with Crippen molar-refractivity contribution >= 4 is 28.6 Å². The van der Waals surface area contributed by atoms with Gasteiger partial charge in [-0.15, -0.1) is 11.3 Å². The summed E-state index contributed by atoms with van der Waals surface area (Å²) >= 11 is 8.14. The number of likely N-dealkylation sites (N-methyl/N-ethyl adjacent to an activating group) is 1. The van der Waals surface area contributed by atoms with Crippen molar-refractivity contribution in [3.8, 4) is 0 Å². The molecule has 102 valence electrons. The lowest BCUT2D eigenvalue weighted by Crippen LogP contribution is -2.20. The fourth-order valence-corrected chi connectivity index (χ4v) is 3.08. The lowest BCUT2D eigenvalue weighted by molar-refractivity contribution is 0.886. The highest BCUT2D eigenvalue weighted by Gasteiger charge is 2.07. The number of benzene rings is 1. The van der Waals surface area contributed by atoms with Crippen LogP contribution in [0.15, 0.2) is 35.7 Å². The van der Waals surface area contributed by atoms with Crippen molar-refractivity contribution in [3.63, 3.8) is 0 Å². The first-order valence-electron chi connectivity index (χ1n) is 6.42. The second-order valence-electron chi connectivity index (χ2n) is 4.58. The summed E-state index contributed by atoms with van der Waals surface area (Å²) in [6, 6.07) is 10.5. The smallest absolute Gasteiger partial charge is 0.0642 e. The van der Waals surface area contributed by atoms with E-state index in [4.69, 9.17) is 17.3 Å². The van der Waals surface area contributed by atoms with Gasteiger partial charge in [-0.3, -0.25) is 0 Å². The number of thiophene rings is 1. The average Bonchev–Trinajstić information content (AvgIpc) is 2.89. The maximum atomic E-state index is 6.34. The molecule has 0 unspecified atom stereocenters.